The van der Waals surface area contributed by atoms with Gasteiger partial charge in [0, 0.05) is 18.5 Å². The fourth-order valence-corrected chi connectivity index (χ4v) is 3.80. The smallest absolute Gasteiger partial charge is 0.410 e. The number of carbonyl (C=O) groups excluding carboxylic acids is 1. The lowest BCUT2D eigenvalue weighted by Gasteiger charge is -2.37. The van der Waals surface area contributed by atoms with Crippen molar-refractivity contribution < 1.29 is 19.4 Å². The van der Waals surface area contributed by atoms with Gasteiger partial charge in [-0.3, -0.25) is 4.79 Å². The van der Waals surface area contributed by atoms with Gasteiger partial charge in [-0.15, -0.1) is 0 Å². The molecule has 2 fully saturated rings. The normalized spacial score (nSPS) is 26.7. The first kappa shape index (κ1) is 14.9. The molecule has 0 spiro atoms. The van der Waals surface area contributed by atoms with Crippen LogP contribution >= 0.6 is 0 Å². The van der Waals surface area contributed by atoms with Crippen molar-refractivity contribution >= 4 is 12.1 Å². The minimum atomic E-state index is -0.746. The molecule has 2 atom stereocenters. The summed E-state index contributed by atoms with van der Waals surface area (Å²) in [6, 6.07) is 9.92. The molecule has 0 aliphatic carbocycles. The molecule has 2 bridgehead atoms. The van der Waals surface area contributed by atoms with Crippen LogP contribution in [0, 0.1) is 5.92 Å². The van der Waals surface area contributed by atoms with Crippen molar-refractivity contribution in [3.63, 3.8) is 0 Å². The number of ether oxygens (including phenoxy) is 1. The second kappa shape index (κ2) is 6.38. The summed E-state index contributed by atoms with van der Waals surface area (Å²) in [5.74, 6) is -0.558. The molecule has 2 aliphatic heterocycles. The summed E-state index contributed by atoms with van der Waals surface area (Å²) in [4.78, 5) is 25.1. The number of aliphatic carboxylic acids is 1. The van der Waals surface area contributed by atoms with Gasteiger partial charge >= 0.3 is 12.1 Å². The zero-order valence-corrected chi connectivity index (χ0v) is 12.5. The Hall–Kier alpha value is -2.04. The van der Waals surface area contributed by atoms with Crippen LogP contribution < -0.4 is 0 Å². The van der Waals surface area contributed by atoms with Crippen molar-refractivity contribution in [1.82, 2.24) is 4.90 Å². The highest BCUT2D eigenvalue weighted by atomic mass is 16.6. The molecule has 0 saturated carbocycles. The topological polar surface area (TPSA) is 66.8 Å². The highest BCUT2D eigenvalue weighted by Gasteiger charge is 2.44. The van der Waals surface area contributed by atoms with Crippen molar-refractivity contribution in [2.24, 2.45) is 5.92 Å². The van der Waals surface area contributed by atoms with Crippen LogP contribution in [0.5, 0.6) is 0 Å². The predicted molar refractivity (Wildman–Crippen MR) is 80.3 cm³/mol. The maximum atomic E-state index is 12.3. The van der Waals surface area contributed by atoms with Crippen molar-refractivity contribution in [3.05, 3.63) is 35.9 Å². The number of fused-ring (bicyclic) bond motifs is 2. The molecular weight excluding hydrogens is 282 g/mol. The van der Waals surface area contributed by atoms with Crippen molar-refractivity contribution in [2.75, 3.05) is 0 Å². The van der Waals surface area contributed by atoms with Gasteiger partial charge in [-0.2, -0.15) is 0 Å². The number of piperidine rings is 1. The SMILES string of the molecule is O=C(O)CC1CC2CCC(C1)N2C(=O)OCc1ccccc1. The van der Waals surface area contributed by atoms with E-state index in [9.17, 15) is 9.59 Å². The lowest BCUT2D eigenvalue weighted by atomic mass is 9.88. The maximum Gasteiger partial charge on any atom is 0.410 e. The van der Waals surface area contributed by atoms with E-state index in [-0.39, 0.29) is 37.1 Å². The van der Waals surface area contributed by atoms with E-state index in [1.807, 2.05) is 35.2 Å². The van der Waals surface area contributed by atoms with Crippen LogP contribution in [0.1, 0.15) is 37.7 Å². The fourth-order valence-electron chi connectivity index (χ4n) is 3.80. The van der Waals surface area contributed by atoms with Crippen LogP contribution in [0.3, 0.4) is 0 Å². The van der Waals surface area contributed by atoms with E-state index < -0.39 is 5.97 Å². The van der Waals surface area contributed by atoms with Gasteiger partial charge in [0.05, 0.1) is 0 Å². The Labute approximate surface area is 129 Å². The number of carboxylic acids is 1. The quantitative estimate of drug-likeness (QED) is 0.928. The van der Waals surface area contributed by atoms with E-state index in [1.54, 1.807) is 0 Å². The number of carboxylic acid groups (broad SMARTS) is 1. The fraction of sp³-hybridized carbons (Fsp3) is 0.529. The Morgan fingerprint density at radius 1 is 1.14 bits per heavy atom. The minimum absolute atomic E-state index is 0.145. The van der Waals surface area contributed by atoms with Gasteiger partial charge in [0.15, 0.2) is 0 Å². The van der Waals surface area contributed by atoms with E-state index in [0.29, 0.717) is 0 Å². The standard InChI is InChI=1S/C17H21NO4/c19-16(20)10-13-8-14-6-7-15(9-13)18(14)17(21)22-11-12-4-2-1-3-5-12/h1-5,13-15H,6-11H2,(H,19,20). The number of benzene rings is 1. The molecule has 118 valence electrons. The first-order valence-corrected chi connectivity index (χ1v) is 7.84. The van der Waals surface area contributed by atoms with Crippen LogP contribution in [-0.2, 0) is 16.1 Å². The number of rotatable bonds is 4. The Bertz CT molecular complexity index is 531. The Morgan fingerprint density at radius 2 is 1.77 bits per heavy atom. The van der Waals surface area contributed by atoms with Gasteiger partial charge in [-0.1, -0.05) is 30.3 Å². The van der Waals surface area contributed by atoms with E-state index >= 15 is 0 Å². The zero-order chi connectivity index (χ0) is 15.5. The molecule has 1 amide bonds. The minimum Gasteiger partial charge on any atom is -0.481 e. The first-order chi connectivity index (χ1) is 10.6. The van der Waals surface area contributed by atoms with Crippen LogP contribution in [0.2, 0.25) is 0 Å². The van der Waals surface area contributed by atoms with E-state index in [1.165, 1.54) is 0 Å². The molecule has 3 rings (SSSR count). The van der Waals surface area contributed by atoms with Crippen LogP contribution in [0.4, 0.5) is 4.79 Å². The highest BCUT2D eigenvalue weighted by molar-refractivity contribution is 5.70. The average Bonchev–Trinajstić information content (AvgIpc) is 2.77. The zero-order valence-electron chi connectivity index (χ0n) is 12.5. The Kier molecular flexibility index (Phi) is 4.32. The van der Waals surface area contributed by atoms with E-state index in [0.717, 1.165) is 31.2 Å². The second-order valence-electron chi connectivity index (χ2n) is 6.27. The van der Waals surface area contributed by atoms with Crippen molar-refractivity contribution in [3.8, 4) is 0 Å². The molecule has 5 nitrogen and oxygen atoms in total. The Balaban J connectivity index is 1.57. The number of amides is 1. The number of carbonyl (C=O) groups is 2. The summed E-state index contributed by atoms with van der Waals surface area (Å²) in [7, 11) is 0. The average molecular weight is 303 g/mol. The molecule has 2 saturated heterocycles. The monoisotopic (exact) mass is 303 g/mol. The summed E-state index contributed by atoms with van der Waals surface area (Å²) in [6.45, 7) is 0.286. The van der Waals surface area contributed by atoms with E-state index in [4.69, 9.17) is 9.84 Å². The van der Waals surface area contributed by atoms with Gasteiger partial charge in [-0.25, -0.2) is 4.79 Å². The molecule has 0 aromatic heterocycles. The third-order valence-corrected chi connectivity index (χ3v) is 4.71. The van der Waals surface area contributed by atoms with Crippen LogP contribution in [0.15, 0.2) is 30.3 Å². The highest BCUT2D eigenvalue weighted by Crippen LogP contribution is 2.40. The van der Waals surface area contributed by atoms with Gasteiger partial charge < -0.3 is 14.7 Å². The molecule has 5 heteroatoms. The Morgan fingerprint density at radius 3 is 2.36 bits per heavy atom. The summed E-state index contributed by atoms with van der Waals surface area (Å²) >= 11 is 0. The van der Waals surface area contributed by atoms with Gasteiger partial charge in [0.2, 0.25) is 0 Å². The lowest BCUT2D eigenvalue weighted by molar-refractivity contribution is -0.138. The first-order valence-electron chi connectivity index (χ1n) is 7.84. The number of hydrogen-bond acceptors (Lipinski definition) is 3. The van der Waals surface area contributed by atoms with Crippen molar-refractivity contribution in [1.29, 1.82) is 0 Å². The predicted octanol–water partition coefficient (Wildman–Crippen LogP) is 3.04. The van der Waals surface area contributed by atoms with Gasteiger partial charge in [0.1, 0.15) is 6.61 Å². The number of nitrogens with zero attached hydrogens (tertiary/aromatic N) is 1. The largest absolute Gasteiger partial charge is 0.481 e. The molecule has 2 unspecified atom stereocenters. The molecule has 2 aliphatic rings. The summed E-state index contributed by atoms with van der Waals surface area (Å²) < 4.78 is 5.44. The molecular formula is C17H21NO4. The molecule has 0 radical (unpaired) electrons. The summed E-state index contributed by atoms with van der Waals surface area (Å²) in [6.07, 6.45) is 3.43. The van der Waals surface area contributed by atoms with Gasteiger partial charge in [-0.05, 0) is 37.2 Å². The van der Waals surface area contributed by atoms with Crippen LogP contribution in [-0.4, -0.2) is 34.2 Å². The van der Waals surface area contributed by atoms with Crippen LogP contribution in [0.25, 0.3) is 0 Å². The molecule has 1 aromatic rings. The molecule has 2 heterocycles. The molecule has 1 N–H and O–H groups in total. The third-order valence-electron chi connectivity index (χ3n) is 4.71. The third kappa shape index (κ3) is 3.24. The van der Waals surface area contributed by atoms with Gasteiger partial charge in [0.25, 0.3) is 0 Å². The number of hydrogen-bond donors (Lipinski definition) is 1. The molecule has 1 aromatic carbocycles. The summed E-state index contributed by atoms with van der Waals surface area (Å²) in [5, 5.41) is 8.94. The van der Waals surface area contributed by atoms with E-state index in [2.05, 4.69) is 0 Å². The summed E-state index contributed by atoms with van der Waals surface area (Å²) in [5.41, 5.74) is 0.976. The van der Waals surface area contributed by atoms with Crippen molar-refractivity contribution in [2.45, 2.75) is 50.8 Å². The lowest BCUT2D eigenvalue weighted by Crippen LogP contribution is -2.47. The maximum absolute atomic E-state index is 12.3. The second-order valence-corrected chi connectivity index (χ2v) is 6.27. The molecule has 22 heavy (non-hydrogen) atoms.